The molecule has 6 heteroatoms. The molecule has 3 N–H and O–H groups in total. The molecule has 0 heterocycles. The SMILES string of the molecule is CCCCC/C=C\C/C=C\CCCCCCCC(=O)OCCCCCCCCCCCCCCCCCCCCCCCCC(=O)NC(CO)C(O)/C=C/CCCCCCCCCCCCCCCC. The third-order valence-electron chi connectivity index (χ3n) is 14.4. The molecule has 2 atom stereocenters. The van der Waals surface area contributed by atoms with E-state index < -0.39 is 12.1 Å². The van der Waals surface area contributed by atoms with Crippen LogP contribution in [0.5, 0.6) is 0 Å². The molecule has 0 saturated carbocycles. The lowest BCUT2D eigenvalue weighted by molar-refractivity contribution is -0.143. The van der Waals surface area contributed by atoms with E-state index in [0.717, 1.165) is 51.4 Å². The van der Waals surface area contributed by atoms with Gasteiger partial charge in [0.05, 0.1) is 25.4 Å². The van der Waals surface area contributed by atoms with Gasteiger partial charge >= 0.3 is 5.97 Å². The first kappa shape index (κ1) is 68.1. The third-order valence-corrected chi connectivity index (χ3v) is 14.4. The maximum absolute atomic E-state index is 12.5. The van der Waals surface area contributed by atoms with Gasteiger partial charge in [0, 0.05) is 12.8 Å². The molecule has 70 heavy (non-hydrogen) atoms. The van der Waals surface area contributed by atoms with Gasteiger partial charge in [0.15, 0.2) is 0 Å². The molecule has 0 aliphatic heterocycles. The molecule has 2 unspecified atom stereocenters. The maximum atomic E-state index is 12.5. The molecule has 6 nitrogen and oxygen atoms in total. The van der Waals surface area contributed by atoms with Crippen molar-refractivity contribution in [1.82, 2.24) is 5.32 Å². The van der Waals surface area contributed by atoms with Crippen LogP contribution in [0.4, 0.5) is 0 Å². The Labute approximate surface area is 436 Å². The Bertz CT molecular complexity index is 1130. The van der Waals surface area contributed by atoms with E-state index in [1.807, 2.05) is 6.08 Å². The van der Waals surface area contributed by atoms with E-state index in [-0.39, 0.29) is 18.5 Å². The summed E-state index contributed by atoms with van der Waals surface area (Å²) in [6.45, 7) is 4.89. The minimum absolute atomic E-state index is 0.00126. The quantitative estimate of drug-likeness (QED) is 0.0321. The van der Waals surface area contributed by atoms with E-state index in [2.05, 4.69) is 43.5 Å². The van der Waals surface area contributed by atoms with Crippen molar-refractivity contribution < 1.29 is 24.5 Å². The first-order chi connectivity index (χ1) is 34.5. The molecule has 0 rings (SSSR count). The Morgan fingerprint density at radius 1 is 0.400 bits per heavy atom. The highest BCUT2D eigenvalue weighted by molar-refractivity contribution is 5.76. The summed E-state index contributed by atoms with van der Waals surface area (Å²) in [7, 11) is 0. The zero-order valence-electron chi connectivity index (χ0n) is 47.0. The fourth-order valence-electron chi connectivity index (χ4n) is 9.61. The molecule has 0 radical (unpaired) electrons. The molecule has 0 aromatic heterocycles. The van der Waals surface area contributed by atoms with Crippen molar-refractivity contribution in [1.29, 1.82) is 0 Å². The number of hydrogen-bond donors (Lipinski definition) is 3. The van der Waals surface area contributed by atoms with Crippen LogP contribution in [0.1, 0.15) is 335 Å². The molecule has 0 bridgehead atoms. The van der Waals surface area contributed by atoms with Crippen LogP contribution in [0.15, 0.2) is 36.5 Å². The lowest BCUT2D eigenvalue weighted by Gasteiger charge is -2.20. The summed E-state index contributed by atoms with van der Waals surface area (Å²) >= 11 is 0. The number of allylic oxidation sites excluding steroid dienone is 5. The fourth-order valence-corrected chi connectivity index (χ4v) is 9.61. The first-order valence-electron chi connectivity index (χ1n) is 31.3. The van der Waals surface area contributed by atoms with Crippen molar-refractivity contribution in [2.75, 3.05) is 13.2 Å². The van der Waals surface area contributed by atoms with Gasteiger partial charge in [-0.2, -0.15) is 0 Å². The Kier molecular flexibility index (Phi) is 58.0. The normalized spacial score (nSPS) is 12.8. The number of unbranched alkanes of at least 4 members (excludes halogenated alkanes) is 43. The molecule has 0 fully saturated rings. The number of nitrogens with one attached hydrogen (secondary N) is 1. The number of carbonyl (C=O) groups excluding carboxylic acids is 2. The van der Waals surface area contributed by atoms with Crippen molar-refractivity contribution in [2.45, 2.75) is 347 Å². The van der Waals surface area contributed by atoms with Crippen molar-refractivity contribution in [3.05, 3.63) is 36.5 Å². The second kappa shape index (κ2) is 59.6. The summed E-state index contributed by atoms with van der Waals surface area (Å²) in [5.74, 6) is -0.0681. The van der Waals surface area contributed by atoms with Crippen LogP contribution < -0.4 is 5.32 Å². The van der Waals surface area contributed by atoms with Crippen LogP contribution in [-0.2, 0) is 14.3 Å². The molecular weight excluding hydrogens is 863 g/mol. The number of carbonyl (C=O) groups is 2. The summed E-state index contributed by atoms with van der Waals surface area (Å²) in [6, 6.07) is -0.628. The van der Waals surface area contributed by atoms with Gasteiger partial charge in [-0.1, -0.05) is 294 Å². The zero-order chi connectivity index (χ0) is 50.7. The number of aliphatic hydroxyl groups excluding tert-OH is 2. The number of hydrogen-bond acceptors (Lipinski definition) is 5. The average molecular weight is 985 g/mol. The average Bonchev–Trinajstić information content (AvgIpc) is 3.36. The molecule has 0 aromatic rings. The fraction of sp³-hybridized carbons (Fsp3) is 0.875. The first-order valence-corrected chi connectivity index (χ1v) is 31.3. The number of ether oxygens (including phenoxy) is 1. The minimum Gasteiger partial charge on any atom is -0.466 e. The Morgan fingerprint density at radius 3 is 1.11 bits per heavy atom. The summed E-state index contributed by atoms with van der Waals surface area (Å²) in [6.07, 6.45) is 74.7. The topological polar surface area (TPSA) is 95.9 Å². The minimum atomic E-state index is -0.845. The summed E-state index contributed by atoms with van der Waals surface area (Å²) in [5.41, 5.74) is 0. The second-order valence-electron chi connectivity index (χ2n) is 21.4. The third kappa shape index (κ3) is 55.4. The van der Waals surface area contributed by atoms with Gasteiger partial charge < -0.3 is 20.3 Å². The molecule has 412 valence electrons. The van der Waals surface area contributed by atoms with E-state index in [1.54, 1.807) is 6.08 Å². The van der Waals surface area contributed by atoms with Gasteiger partial charge in [-0.3, -0.25) is 9.59 Å². The maximum Gasteiger partial charge on any atom is 0.305 e. The van der Waals surface area contributed by atoms with Gasteiger partial charge in [0.2, 0.25) is 5.91 Å². The Morgan fingerprint density at radius 2 is 0.714 bits per heavy atom. The lowest BCUT2D eigenvalue weighted by Crippen LogP contribution is -2.45. The smallest absolute Gasteiger partial charge is 0.305 e. The van der Waals surface area contributed by atoms with Crippen molar-refractivity contribution in [3.8, 4) is 0 Å². The van der Waals surface area contributed by atoms with Gasteiger partial charge in [-0.25, -0.2) is 0 Å². The molecule has 0 aromatic carbocycles. The Hall–Kier alpha value is -1.92. The summed E-state index contributed by atoms with van der Waals surface area (Å²) < 4.78 is 5.48. The largest absolute Gasteiger partial charge is 0.466 e. The monoisotopic (exact) mass is 984 g/mol. The number of amides is 1. The van der Waals surface area contributed by atoms with Crippen LogP contribution in [0.25, 0.3) is 0 Å². The summed E-state index contributed by atoms with van der Waals surface area (Å²) in [5, 5.41) is 23.1. The van der Waals surface area contributed by atoms with Crippen molar-refractivity contribution in [3.63, 3.8) is 0 Å². The predicted molar refractivity (Wildman–Crippen MR) is 306 cm³/mol. The number of esters is 1. The van der Waals surface area contributed by atoms with E-state index in [0.29, 0.717) is 19.4 Å². The van der Waals surface area contributed by atoms with Crippen LogP contribution >= 0.6 is 0 Å². The molecular formula is C64H121NO5. The highest BCUT2D eigenvalue weighted by Crippen LogP contribution is 2.17. The molecule has 1 amide bonds. The van der Waals surface area contributed by atoms with Gasteiger partial charge in [0.1, 0.15) is 0 Å². The molecule has 0 aliphatic rings. The van der Waals surface area contributed by atoms with E-state index in [4.69, 9.17) is 4.74 Å². The van der Waals surface area contributed by atoms with E-state index in [9.17, 15) is 19.8 Å². The predicted octanol–water partition coefficient (Wildman–Crippen LogP) is 19.6. The van der Waals surface area contributed by atoms with Crippen LogP contribution in [0.3, 0.4) is 0 Å². The molecule has 0 saturated heterocycles. The zero-order valence-corrected chi connectivity index (χ0v) is 47.0. The molecule has 0 aliphatic carbocycles. The van der Waals surface area contributed by atoms with Gasteiger partial charge in [-0.15, -0.1) is 0 Å². The van der Waals surface area contributed by atoms with Crippen LogP contribution in [-0.4, -0.2) is 47.4 Å². The van der Waals surface area contributed by atoms with Crippen LogP contribution in [0.2, 0.25) is 0 Å². The molecule has 0 spiro atoms. The number of rotatable bonds is 58. The second-order valence-corrected chi connectivity index (χ2v) is 21.4. The highest BCUT2D eigenvalue weighted by Gasteiger charge is 2.18. The van der Waals surface area contributed by atoms with Gasteiger partial charge in [0.25, 0.3) is 0 Å². The summed E-state index contributed by atoms with van der Waals surface area (Å²) in [4.78, 5) is 24.5. The van der Waals surface area contributed by atoms with Crippen molar-refractivity contribution >= 4 is 11.9 Å². The Balaban J connectivity index is 3.41. The standard InChI is InChI=1S/C64H121NO5/c1-3-5-7-9-11-13-15-17-19-29-32-36-40-44-48-52-56-62(67)61(60-66)65-63(68)57-53-49-45-41-37-33-30-26-24-22-20-21-23-25-27-31-35-39-43-47-51-55-59-70-64(69)58-54-50-46-42-38-34-28-18-16-14-12-10-8-6-4-2/h12,14,18,28,52,56,61-62,66-67H,3-11,13,15-17,19-27,29-51,53-55,57-60H2,1-2H3,(H,65,68)/b14-12-,28-18-,56-52+. The van der Waals surface area contributed by atoms with Crippen LogP contribution in [0, 0.1) is 0 Å². The highest BCUT2D eigenvalue weighted by atomic mass is 16.5. The lowest BCUT2D eigenvalue weighted by atomic mass is 10.0. The number of aliphatic hydroxyl groups is 2. The van der Waals surface area contributed by atoms with E-state index in [1.165, 1.54) is 257 Å². The van der Waals surface area contributed by atoms with Gasteiger partial charge in [-0.05, 0) is 64.2 Å². The van der Waals surface area contributed by atoms with Crippen molar-refractivity contribution in [2.24, 2.45) is 0 Å². The van der Waals surface area contributed by atoms with E-state index >= 15 is 0 Å².